The molecule has 0 spiro atoms. The second-order valence-corrected chi connectivity index (χ2v) is 7.76. The second-order valence-electron chi connectivity index (χ2n) is 6.43. The topological polar surface area (TPSA) is 71.8 Å². The van der Waals surface area contributed by atoms with Crippen LogP contribution < -0.4 is 10.1 Å². The Hall–Kier alpha value is -1.99. The fraction of sp³-hybridized carbons (Fsp3) is 0.368. The molecule has 2 aromatic rings. The Kier molecular flexibility index (Phi) is 6.44. The summed E-state index contributed by atoms with van der Waals surface area (Å²) in [5.41, 5.74) is 0.854. The lowest BCUT2D eigenvalue weighted by atomic mass is 10.0. The third-order valence-corrected chi connectivity index (χ3v) is 5.16. The Morgan fingerprint density at radius 3 is 2.74 bits per heavy atom. The number of nitrogens with one attached hydrogen (secondary N) is 1. The van der Waals surface area contributed by atoms with Gasteiger partial charge in [-0.05, 0) is 49.6 Å². The van der Waals surface area contributed by atoms with Gasteiger partial charge in [-0.1, -0.05) is 27.5 Å². The lowest BCUT2D eigenvalue weighted by Gasteiger charge is -2.31. The van der Waals surface area contributed by atoms with Gasteiger partial charge in [0.15, 0.2) is 12.4 Å². The van der Waals surface area contributed by atoms with Crippen molar-refractivity contribution in [3.63, 3.8) is 0 Å². The number of hydrogen-bond acceptors (Lipinski definition) is 4. The molecule has 1 saturated heterocycles. The highest BCUT2D eigenvalue weighted by Crippen LogP contribution is 2.31. The molecule has 8 heteroatoms. The highest BCUT2D eigenvalue weighted by atomic mass is 79.9. The van der Waals surface area contributed by atoms with Crippen LogP contribution in [0.3, 0.4) is 0 Å². The molecule has 1 aromatic carbocycles. The van der Waals surface area contributed by atoms with E-state index in [2.05, 4.69) is 21.2 Å². The summed E-state index contributed by atoms with van der Waals surface area (Å²) >= 11 is 9.53. The van der Waals surface area contributed by atoms with Crippen LogP contribution >= 0.6 is 27.5 Å². The Bertz CT molecular complexity index is 794. The van der Waals surface area contributed by atoms with Gasteiger partial charge in [0, 0.05) is 23.6 Å². The zero-order valence-electron chi connectivity index (χ0n) is 14.8. The Balaban J connectivity index is 1.45. The van der Waals surface area contributed by atoms with E-state index in [0.29, 0.717) is 42.5 Å². The van der Waals surface area contributed by atoms with Gasteiger partial charge in [-0.2, -0.15) is 0 Å². The van der Waals surface area contributed by atoms with Gasteiger partial charge in [-0.15, -0.1) is 0 Å². The number of ether oxygens (including phenoxy) is 1. The number of nitrogens with zero attached hydrogens (tertiary/aromatic N) is 1. The average Bonchev–Trinajstić information content (AvgIpc) is 3.15. The average molecular weight is 456 g/mol. The van der Waals surface area contributed by atoms with E-state index in [4.69, 9.17) is 20.8 Å². The molecule has 0 unspecified atom stereocenters. The lowest BCUT2D eigenvalue weighted by Crippen LogP contribution is -2.47. The fourth-order valence-electron chi connectivity index (χ4n) is 3.06. The van der Waals surface area contributed by atoms with Crippen LogP contribution in [-0.2, 0) is 4.79 Å². The first kappa shape index (κ1) is 19.8. The molecule has 2 heterocycles. The molecule has 1 aromatic heterocycles. The number of carbonyl (C=O) groups excluding carboxylic acids is 2. The molecule has 0 aliphatic carbocycles. The molecule has 0 atom stereocenters. The molecule has 0 bridgehead atoms. The van der Waals surface area contributed by atoms with Crippen LogP contribution in [0.4, 0.5) is 0 Å². The molecule has 144 valence electrons. The van der Waals surface area contributed by atoms with Crippen molar-refractivity contribution >= 4 is 39.3 Å². The molecule has 27 heavy (non-hydrogen) atoms. The van der Waals surface area contributed by atoms with Crippen molar-refractivity contribution in [1.29, 1.82) is 0 Å². The summed E-state index contributed by atoms with van der Waals surface area (Å²) in [4.78, 5) is 26.2. The third-order valence-electron chi connectivity index (χ3n) is 4.42. The number of benzene rings is 1. The number of likely N-dealkylation sites (tertiary alicyclic amines) is 1. The highest BCUT2D eigenvalue weighted by molar-refractivity contribution is 9.10. The van der Waals surface area contributed by atoms with Crippen LogP contribution in [0.2, 0.25) is 5.02 Å². The highest BCUT2D eigenvalue weighted by Gasteiger charge is 2.26. The minimum atomic E-state index is -0.204. The van der Waals surface area contributed by atoms with Gasteiger partial charge in [-0.3, -0.25) is 9.59 Å². The predicted octanol–water partition coefficient (Wildman–Crippen LogP) is 3.80. The summed E-state index contributed by atoms with van der Waals surface area (Å²) in [7, 11) is 0. The molecule has 1 aliphatic rings. The van der Waals surface area contributed by atoms with Crippen LogP contribution in [0.15, 0.2) is 39.4 Å². The molecule has 3 rings (SSSR count). The smallest absolute Gasteiger partial charge is 0.289 e. The van der Waals surface area contributed by atoms with Crippen molar-refractivity contribution in [1.82, 2.24) is 10.2 Å². The summed E-state index contributed by atoms with van der Waals surface area (Å²) in [6.07, 6.45) is 2.87. The van der Waals surface area contributed by atoms with E-state index in [1.807, 2.05) is 13.0 Å². The lowest BCUT2D eigenvalue weighted by molar-refractivity contribution is -0.124. The van der Waals surface area contributed by atoms with Crippen LogP contribution in [0.1, 0.15) is 29.0 Å². The first-order valence-electron chi connectivity index (χ1n) is 8.64. The van der Waals surface area contributed by atoms with Crippen molar-refractivity contribution < 1.29 is 18.7 Å². The van der Waals surface area contributed by atoms with Crippen molar-refractivity contribution in [2.24, 2.45) is 0 Å². The van der Waals surface area contributed by atoms with Gasteiger partial charge in [0.1, 0.15) is 5.75 Å². The van der Waals surface area contributed by atoms with Crippen molar-refractivity contribution in [2.75, 3.05) is 19.7 Å². The van der Waals surface area contributed by atoms with E-state index in [1.54, 1.807) is 23.1 Å². The van der Waals surface area contributed by atoms with E-state index in [0.717, 1.165) is 10.0 Å². The van der Waals surface area contributed by atoms with Crippen LogP contribution in [0, 0.1) is 6.92 Å². The third kappa shape index (κ3) is 5.05. The fourth-order valence-corrected chi connectivity index (χ4v) is 4.09. The largest absolute Gasteiger partial charge is 0.482 e. The molecule has 0 saturated carbocycles. The van der Waals surface area contributed by atoms with Gasteiger partial charge >= 0.3 is 0 Å². The molecular weight excluding hydrogens is 436 g/mol. The number of amides is 2. The van der Waals surface area contributed by atoms with Crippen LogP contribution in [0.25, 0.3) is 0 Å². The maximum absolute atomic E-state index is 12.2. The first-order valence-corrected chi connectivity index (χ1v) is 9.81. The number of carbonyl (C=O) groups is 2. The van der Waals surface area contributed by atoms with Gasteiger partial charge in [0.2, 0.25) is 0 Å². The number of aryl methyl sites for hydroxylation is 1. The zero-order valence-corrected chi connectivity index (χ0v) is 17.2. The Morgan fingerprint density at radius 1 is 1.37 bits per heavy atom. The number of halogens is 2. The van der Waals surface area contributed by atoms with Crippen molar-refractivity contribution in [3.8, 4) is 5.75 Å². The molecule has 1 fully saturated rings. The molecule has 6 nitrogen and oxygen atoms in total. The standard InChI is InChI=1S/C19H20BrClN2O4/c1-12-9-13(20)10-15(21)18(12)27-11-17(24)22-14-4-6-23(7-5-14)19(25)16-3-2-8-26-16/h2-3,8-10,14H,4-7,11H2,1H3,(H,22,24). The summed E-state index contributed by atoms with van der Waals surface area (Å²) < 4.78 is 11.6. The number of piperidine rings is 1. The number of furan rings is 1. The second kappa shape index (κ2) is 8.80. The van der Waals surface area contributed by atoms with Gasteiger partial charge in [0.25, 0.3) is 11.8 Å². The van der Waals surface area contributed by atoms with Gasteiger partial charge < -0.3 is 19.4 Å². The van der Waals surface area contributed by atoms with E-state index in [1.165, 1.54) is 6.26 Å². The normalized spacial score (nSPS) is 14.9. The van der Waals surface area contributed by atoms with Crippen LogP contribution in [-0.4, -0.2) is 42.5 Å². The Morgan fingerprint density at radius 2 is 2.11 bits per heavy atom. The van der Waals surface area contributed by atoms with E-state index < -0.39 is 0 Å². The summed E-state index contributed by atoms with van der Waals surface area (Å²) in [5, 5.41) is 3.41. The van der Waals surface area contributed by atoms with Crippen molar-refractivity contribution in [3.05, 3.63) is 51.3 Å². The maximum atomic E-state index is 12.2. The number of hydrogen-bond donors (Lipinski definition) is 1. The van der Waals surface area contributed by atoms with E-state index >= 15 is 0 Å². The molecular formula is C19H20BrClN2O4. The zero-order chi connectivity index (χ0) is 19.4. The maximum Gasteiger partial charge on any atom is 0.289 e. The number of rotatable bonds is 5. The molecule has 2 amide bonds. The molecule has 1 N–H and O–H groups in total. The van der Waals surface area contributed by atoms with E-state index in [-0.39, 0.29) is 24.5 Å². The molecule has 1 aliphatic heterocycles. The summed E-state index contributed by atoms with van der Waals surface area (Å²) in [5.74, 6) is 0.527. The summed E-state index contributed by atoms with van der Waals surface area (Å²) in [6, 6.07) is 6.98. The minimum absolute atomic E-state index is 0.0169. The summed E-state index contributed by atoms with van der Waals surface area (Å²) in [6.45, 7) is 2.91. The monoisotopic (exact) mass is 454 g/mol. The van der Waals surface area contributed by atoms with Crippen molar-refractivity contribution in [2.45, 2.75) is 25.8 Å². The quantitative estimate of drug-likeness (QED) is 0.744. The van der Waals surface area contributed by atoms with Crippen LogP contribution in [0.5, 0.6) is 5.75 Å². The minimum Gasteiger partial charge on any atom is -0.482 e. The van der Waals surface area contributed by atoms with Gasteiger partial charge in [-0.25, -0.2) is 0 Å². The molecule has 0 radical (unpaired) electrons. The Labute approximate surface area is 170 Å². The SMILES string of the molecule is Cc1cc(Br)cc(Cl)c1OCC(=O)NC1CCN(C(=O)c2ccco2)CC1. The first-order chi connectivity index (χ1) is 12.9. The predicted molar refractivity (Wildman–Crippen MR) is 105 cm³/mol. The van der Waals surface area contributed by atoms with E-state index in [9.17, 15) is 9.59 Å². The van der Waals surface area contributed by atoms with Gasteiger partial charge in [0.05, 0.1) is 11.3 Å².